The number of rotatable bonds is 5. The Morgan fingerprint density at radius 3 is 2.68 bits per heavy atom. The topological polar surface area (TPSA) is 103 Å². The molecule has 0 radical (unpaired) electrons. The van der Waals surface area contributed by atoms with Crippen LogP contribution in [0.1, 0.15) is 11.1 Å². The first-order chi connectivity index (χ1) is 11.8. The molecule has 0 saturated carbocycles. The monoisotopic (exact) mass is 365 g/mol. The van der Waals surface area contributed by atoms with Crippen molar-refractivity contribution in [2.24, 2.45) is 5.10 Å². The summed E-state index contributed by atoms with van der Waals surface area (Å²) in [5.41, 5.74) is 0.643. The van der Waals surface area contributed by atoms with Crippen molar-refractivity contribution in [2.75, 3.05) is 14.2 Å². The molecule has 2 N–H and O–H groups in total. The Kier molecular flexibility index (Phi) is 5.71. The van der Waals surface area contributed by atoms with E-state index < -0.39 is 16.5 Å². The lowest BCUT2D eigenvalue weighted by atomic mass is 10.2. The lowest BCUT2D eigenvalue weighted by Gasteiger charge is -2.15. The number of nitrogens with one attached hydrogen (secondary N) is 1. The average Bonchev–Trinajstić information content (AvgIpc) is 2.59. The molecule has 2 aromatic carbocycles. The molecule has 0 saturated heterocycles. The summed E-state index contributed by atoms with van der Waals surface area (Å²) >= 11 is 0. The van der Waals surface area contributed by atoms with Gasteiger partial charge in [-0.1, -0.05) is 0 Å². The fraction of sp³-hybridized carbons (Fsp3) is 0.125. The Bertz CT molecular complexity index is 904. The highest BCUT2D eigenvalue weighted by Gasteiger charge is 2.14. The average molecular weight is 365 g/mol. The highest BCUT2D eigenvalue weighted by atomic mass is 32.2. The number of thiol groups is 1. The minimum Gasteiger partial charge on any atom is -0.504 e. The van der Waals surface area contributed by atoms with Gasteiger partial charge in [-0.2, -0.15) is 5.10 Å². The van der Waals surface area contributed by atoms with Crippen LogP contribution in [0.5, 0.6) is 11.5 Å². The number of phenols is 1. The van der Waals surface area contributed by atoms with E-state index in [1.165, 1.54) is 32.5 Å². The maximum atomic E-state index is 13.2. The molecule has 0 fully saturated rings. The number of halogens is 1. The molecule has 2 aromatic rings. The molecule has 0 atom stereocenters. The Morgan fingerprint density at radius 2 is 2.04 bits per heavy atom. The van der Waals surface area contributed by atoms with Gasteiger partial charge in [-0.15, -0.1) is 0 Å². The fourth-order valence-electron chi connectivity index (χ4n) is 2.02. The number of hydrogen-bond acceptors (Lipinski definition) is 6. The second-order valence-electron chi connectivity index (χ2n) is 4.97. The van der Waals surface area contributed by atoms with Gasteiger partial charge < -0.3 is 9.84 Å². The fourth-order valence-corrected chi connectivity index (χ4v) is 2.62. The molecule has 0 unspecified atom stereocenters. The predicted octanol–water partition coefficient (Wildman–Crippen LogP) is 1.80. The number of benzene rings is 2. The van der Waals surface area contributed by atoms with Gasteiger partial charge in [0.1, 0.15) is 11.7 Å². The van der Waals surface area contributed by atoms with Crippen LogP contribution < -0.4 is 4.74 Å². The van der Waals surface area contributed by atoms with Crippen molar-refractivity contribution < 1.29 is 22.7 Å². The third kappa shape index (κ3) is 4.32. The van der Waals surface area contributed by atoms with Gasteiger partial charge in [-0.05, 0) is 42.0 Å². The van der Waals surface area contributed by atoms with Crippen LogP contribution >= 0.6 is 0 Å². The molecule has 132 valence electrons. The molecular formula is C16H16FN3O4S. The van der Waals surface area contributed by atoms with E-state index in [0.29, 0.717) is 5.56 Å². The van der Waals surface area contributed by atoms with Gasteiger partial charge in [0, 0.05) is 12.6 Å². The Balaban J connectivity index is 2.26. The molecule has 0 bridgehead atoms. The molecule has 0 heterocycles. The number of amidine groups is 1. The van der Waals surface area contributed by atoms with Crippen LogP contribution in [-0.4, -0.2) is 44.7 Å². The van der Waals surface area contributed by atoms with Crippen molar-refractivity contribution in [1.29, 1.82) is 5.41 Å². The van der Waals surface area contributed by atoms with Gasteiger partial charge in [0.25, 0.3) is 0 Å². The number of nitrogens with zero attached hydrogens (tertiary/aromatic N) is 2. The van der Waals surface area contributed by atoms with Crippen molar-refractivity contribution >= 4 is 22.8 Å². The summed E-state index contributed by atoms with van der Waals surface area (Å²) in [6, 6.07) is 7.73. The molecule has 0 amide bonds. The summed E-state index contributed by atoms with van der Waals surface area (Å²) in [6.07, 6.45) is 1.41. The van der Waals surface area contributed by atoms with Gasteiger partial charge >= 0.3 is 0 Å². The SMILES string of the molecule is COc1cc(/C=N/N(C)C(=N)c2ccc(F)cc2[SH](=O)=O)ccc1O. The lowest BCUT2D eigenvalue weighted by Crippen LogP contribution is -2.22. The van der Waals surface area contributed by atoms with Gasteiger partial charge in [-0.25, -0.2) is 12.8 Å². The van der Waals surface area contributed by atoms with Crippen molar-refractivity contribution in [2.45, 2.75) is 4.90 Å². The standard InChI is InChI=1S/C16H16FN3O4S/c1-20(19-9-10-3-6-13(21)14(7-10)24-2)16(18)12-5-4-11(17)8-15(12)25(22)23/h3-9,18,21,25H,1-2H3/b18-16?,19-9+. The summed E-state index contributed by atoms with van der Waals surface area (Å²) in [4.78, 5) is -0.284. The van der Waals surface area contributed by atoms with Gasteiger partial charge in [-0.3, -0.25) is 10.4 Å². The van der Waals surface area contributed by atoms with Crippen molar-refractivity contribution in [3.63, 3.8) is 0 Å². The van der Waals surface area contributed by atoms with E-state index in [9.17, 15) is 17.9 Å². The molecule has 9 heteroatoms. The molecule has 0 spiro atoms. The van der Waals surface area contributed by atoms with E-state index in [4.69, 9.17) is 10.1 Å². The Hall–Kier alpha value is -2.94. The molecule has 0 aliphatic carbocycles. The molecule has 0 aliphatic heterocycles. The number of hydrogen-bond donors (Lipinski definition) is 3. The Morgan fingerprint density at radius 1 is 1.32 bits per heavy atom. The molecular weight excluding hydrogens is 349 g/mol. The third-order valence-corrected chi connectivity index (χ3v) is 4.08. The number of hydrazone groups is 1. The van der Waals surface area contributed by atoms with E-state index in [-0.39, 0.29) is 27.8 Å². The first-order valence-corrected chi connectivity index (χ1v) is 8.18. The van der Waals surface area contributed by atoms with Crippen LogP contribution in [0.25, 0.3) is 0 Å². The van der Waals surface area contributed by atoms with Crippen molar-refractivity contribution in [3.05, 3.63) is 53.3 Å². The van der Waals surface area contributed by atoms with E-state index in [0.717, 1.165) is 17.1 Å². The minimum atomic E-state index is -3.06. The second kappa shape index (κ2) is 7.75. The van der Waals surface area contributed by atoms with Gasteiger partial charge in [0.05, 0.1) is 18.2 Å². The quantitative estimate of drug-likeness (QED) is 0.324. The number of phenolic OH excluding ortho intramolecular Hbond substituents is 1. The van der Waals surface area contributed by atoms with E-state index in [2.05, 4.69) is 5.10 Å². The lowest BCUT2D eigenvalue weighted by molar-refractivity contribution is 0.373. The highest BCUT2D eigenvalue weighted by molar-refractivity contribution is 7.72. The summed E-state index contributed by atoms with van der Waals surface area (Å²) in [5.74, 6) is -0.661. The zero-order chi connectivity index (χ0) is 18.6. The zero-order valence-corrected chi connectivity index (χ0v) is 14.3. The molecule has 0 aromatic heterocycles. The second-order valence-corrected chi connectivity index (χ2v) is 5.96. The normalized spacial score (nSPS) is 11.0. The summed E-state index contributed by atoms with van der Waals surface area (Å²) in [5, 5.41) is 22.8. The molecule has 7 nitrogen and oxygen atoms in total. The van der Waals surface area contributed by atoms with E-state index >= 15 is 0 Å². The minimum absolute atomic E-state index is 0.0176. The van der Waals surface area contributed by atoms with E-state index in [1.54, 1.807) is 12.1 Å². The maximum Gasteiger partial charge on any atom is 0.169 e. The molecule has 2 rings (SSSR count). The molecule has 0 aliphatic rings. The highest BCUT2D eigenvalue weighted by Crippen LogP contribution is 2.25. The van der Waals surface area contributed by atoms with Crippen LogP contribution in [0, 0.1) is 11.2 Å². The summed E-state index contributed by atoms with van der Waals surface area (Å²) in [6.45, 7) is 0. The van der Waals surface area contributed by atoms with Crippen LogP contribution in [0.15, 0.2) is 46.4 Å². The zero-order valence-electron chi connectivity index (χ0n) is 13.4. The summed E-state index contributed by atoms with van der Waals surface area (Å²) in [7, 11) is -0.182. The first-order valence-electron chi connectivity index (χ1n) is 7.01. The predicted molar refractivity (Wildman–Crippen MR) is 91.8 cm³/mol. The summed E-state index contributed by atoms with van der Waals surface area (Å²) < 4.78 is 40.7. The number of aromatic hydroxyl groups is 1. The van der Waals surface area contributed by atoms with Crippen LogP contribution in [0.4, 0.5) is 4.39 Å². The van der Waals surface area contributed by atoms with E-state index in [1.807, 2.05) is 0 Å². The van der Waals surface area contributed by atoms with Crippen LogP contribution in [0.3, 0.4) is 0 Å². The number of methoxy groups -OCH3 is 1. The van der Waals surface area contributed by atoms with Gasteiger partial charge in [0.2, 0.25) is 0 Å². The third-order valence-electron chi connectivity index (χ3n) is 3.32. The maximum absolute atomic E-state index is 13.2. The largest absolute Gasteiger partial charge is 0.504 e. The van der Waals surface area contributed by atoms with Crippen molar-refractivity contribution in [3.8, 4) is 11.5 Å². The smallest absolute Gasteiger partial charge is 0.169 e. The number of ether oxygens (including phenoxy) is 1. The molecule has 25 heavy (non-hydrogen) atoms. The van der Waals surface area contributed by atoms with Crippen LogP contribution in [-0.2, 0) is 10.7 Å². The first kappa shape index (κ1) is 18.4. The van der Waals surface area contributed by atoms with Gasteiger partial charge in [0.15, 0.2) is 22.2 Å². The van der Waals surface area contributed by atoms with Crippen molar-refractivity contribution in [1.82, 2.24) is 5.01 Å². The van der Waals surface area contributed by atoms with Crippen LogP contribution in [0.2, 0.25) is 0 Å². The Labute approximate surface area is 145 Å².